The Balaban J connectivity index is 1.89. The smallest absolute Gasteiger partial charge is 0.300 e. The SMILES string of the molecule is CC(=O)NC1(Nc2ccccc2)C(=O)N(c2ccccc2)N=C1c1ccc(C)cc1. The van der Waals surface area contributed by atoms with Crippen LogP contribution in [0.15, 0.2) is 90.0 Å². The number of benzene rings is 3. The van der Waals surface area contributed by atoms with Gasteiger partial charge in [-0.3, -0.25) is 9.59 Å². The molecule has 2 amide bonds. The molecule has 6 heteroatoms. The van der Waals surface area contributed by atoms with Gasteiger partial charge in [0.05, 0.1) is 5.69 Å². The maximum Gasteiger partial charge on any atom is 0.300 e. The van der Waals surface area contributed by atoms with E-state index in [0.29, 0.717) is 17.1 Å². The van der Waals surface area contributed by atoms with Gasteiger partial charge >= 0.3 is 5.91 Å². The van der Waals surface area contributed by atoms with E-state index in [9.17, 15) is 9.59 Å². The van der Waals surface area contributed by atoms with Gasteiger partial charge in [0.15, 0.2) is 0 Å². The highest BCUT2D eigenvalue weighted by molar-refractivity contribution is 6.30. The number of rotatable bonds is 5. The first-order valence-electron chi connectivity index (χ1n) is 9.67. The lowest BCUT2D eigenvalue weighted by Gasteiger charge is -2.32. The zero-order chi connectivity index (χ0) is 21.1. The molecule has 0 aliphatic carbocycles. The summed E-state index contributed by atoms with van der Waals surface area (Å²) in [7, 11) is 0. The van der Waals surface area contributed by atoms with Gasteiger partial charge in [0.1, 0.15) is 5.71 Å². The maximum atomic E-state index is 13.8. The summed E-state index contributed by atoms with van der Waals surface area (Å²) in [5.74, 6) is -0.732. The Morgan fingerprint density at radius 3 is 2.10 bits per heavy atom. The van der Waals surface area contributed by atoms with E-state index in [1.807, 2.05) is 79.7 Å². The number of carbonyl (C=O) groups is 2. The molecule has 0 fully saturated rings. The van der Waals surface area contributed by atoms with Crippen LogP contribution in [0, 0.1) is 6.92 Å². The summed E-state index contributed by atoms with van der Waals surface area (Å²) in [5, 5.41) is 12.1. The fourth-order valence-electron chi connectivity index (χ4n) is 3.47. The number of amides is 2. The highest BCUT2D eigenvalue weighted by Crippen LogP contribution is 2.31. The highest BCUT2D eigenvalue weighted by Gasteiger charge is 2.53. The van der Waals surface area contributed by atoms with Crippen molar-refractivity contribution in [2.24, 2.45) is 5.10 Å². The summed E-state index contributed by atoms with van der Waals surface area (Å²) < 4.78 is 0. The molecule has 150 valence electrons. The van der Waals surface area contributed by atoms with Crippen LogP contribution in [0.4, 0.5) is 11.4 Å². The molecule has 3 aromatic carbocycles. The number of nitrogens with one attached hydrogen (secondary N) is 2. The molecule has 30 heavy (non-hydrogen) atoms. The van der Waals surface area contributed by atoms with Gasteiger partial charge in [-0.05, 0) is 31.2 Å². The molecule has 0 aromatic heterocycles. The van der Waals surface area contributed by atoms with Crippen LogP contribution in [-0.4, -0.2) is 23.2 Å². The fourth-order valence-corrected chi connectivity index (χ4v) is 3.47. The molecule has 0 bridgehead atoms. The molecular formula is C24H22N4O2. The molecule has 1 aliphatic rings. The fraction of sp³-hybridized carbons (Fsp3) is 0.125. The molecular weight excluding hydrogens is 376 g/mol. The third-order valence-corrected chi connectivity index (χ3v) is 4.86. The van der Waals surface area contributed by atoms with E-state index >= 15 is 0 Å². The van der Waals surface area contributed by atoms with Crippen LogP contribution < -0.4 is 15.6 Å². The minimum Gasteiger partial charge on any atom is -0.350 e. The molecule has 6 nitrogen and oxygen atoms in total. The standard InChI is InChI=1S/C24H22N4O2/c1-17-13-15-19(16-14-17)22-24(25-18(2)29,26-20-9-5-3-6-10-20)23(30)28(27-22)21-11-7-4-8-12-21/h3-16,26H,1-2H3,(H,25,29). The van der Waals surface area contributed by atoms with Gasteiger partial charge in [-0.25, -0.2) is 0 Å². The van der Waals surface area contributed by atoms with E-state index in [1.54, 1.807) is 12.1 Å². The molecule has 3 aromatic rings. The molecule has 1 atom stereocenters. The Morgan fingerprint density at radius 2 is 1.50 bits per heavy atom. The van der Waals surface area contributed by atoms with E-state index < -0.39 is 5.66 Å². The van der Waals surface area contributed by atoms with Crippen LogP contribution in [0.5, 0.6) is 0 Å². The van der Waals surface area contributed by atoms with E-state index in [1.165, 1.54) is 11.9 Å². The molecule has 1 aliphatic heterocycles. The van der Waals surface area contributed by atoms with Crippen LogP contribution in [0.2, 0.25) is 0 Å². The maximum absolute atomic E-state index is 13.8. The van der Waals surface area contributed by atoms with Gasteiger partial charge < -0.3 is 10.6 Å². The number of nitrogens with zero attached hydrogens (tertiary/aromatic N) is 2. The topological polar surface area (TPSA) is 73.8 Å². The van der Waals surface area contributed by atoms with Gasteiger partial charge in [0, 0.05) is 18.2 Å². The number of hydrogen-bond donors (Lipinski definition) is 2. The Bertz CT molecular complexity index is 1100. The summed E-state index contributed by atoms with van der Waals surface area (Å²) in [6, 6.07) is 26.2. The molecule has 1 unspecified atom stereocenters. The van der Waals surface area contributed by atoms with Gasteiger partial charge in [0.25, 0.3) is 0 Å². The van der Waals surface area contributed by atoms with E-state index in [2.05, 4.69) is 15.7 Å². The van der Waals surface area contributed by atoms with Crippen LogP contribution in [0.1, 0.15) is 18.1 Å². The van der Waals surface area contributed by atoms with Crippen molar-refractivity contribution in [2.75, 3.05) is 10.3 Å². The number of hydrazone groups is 1. The van der Waals surface area contributed by atoms with Crippen molar-refractivity contribution < 1.29 is 9.59 Å². The average Bonchev–Trinajstić information content (AvgIpc) is 3.01. The number of aryl methyl sites for hydroxylation is 1. The van der Waals surface area contributed by atoms with Crippen molar-refractivity contribution in [3.8, 4) is 0 Å². The minimum absolute atomic E-state index is 0.346. The normalized spacial score (nSPS) is 18.1. The Hall–Kier alpha value is -3.93. The first kappa shape index (κ1) is 19.4. The van der Waals surface area contributed by atoms with Gasteiger partial charge in [-0.2, -0.15) is 10.1 Å². The predicted octanol–water partition coefficient (Wildman–Crippen LogP) is 3.69. The lowest BCUT2D eigenvalue weighted by Crippen LogP contribution is -2.64. The van der Waals surface area contributed by atoms with Crippen LogP contribution >= 0.6 is 0 Å². The molecule has 0 radical (unpaired) electrons. The summed E-state index contributed by atoms with van der Waals surface area (Å²) >= 11 is 0. The molecule has 0 saturated heterocycles. The summed E-state index contributed by atoms with van der Waals surface area (Å²) in [6.07, 6.45) is 0. The van der Waals surface area contributed by atoms with E-state index in [-0.39, 0.29) is 11.8 Å². The van der Waals surface area contributed by atoms with Crippen molar-refractivity contribution in [2.45, 2.75) is 19.5 Å². The summed E-state index contributed by atoms with van der Waals surface area (Å²) in [4.78, 5) is 26.0. The Kier molecular flexibility index (Phi) is 5.06. The summed E-state index contributed by atoms with van der Waals surface area (Å²) in [6.45, 7) is 3.38. The van der Waals surface area contributed by atoms with E-state index in [0.717, 1.165) is 11.1 Å². The van der Waals surface area contributed by atoms with Gasteiger partial charge in [0.2, 0.25) is 11.6 Å². The number of hydrogen-bond acceptors (Lipinski definition) is 4. The largest absolute Gasteiger partial charge is 0.350 e. The molecule has 0 saturated carbocycles. The zero-order valence-corrected chi connectivity index (χ0v) is 16.8. The number of carbonyl (C=O) groups excluding carboxylic acids is 2. The van der Waals surface area contributed by atoms with Crippen molar-refractivity contribution in [1.29, 1.82) is 0 Å². The predicted molar refractivity (Wildman–Crippen MR) is 118 cm³/mol. The molecule has 4 rings (SSSR count). The van der Waals surface area contributed by atoms with Crippen molar-refractivity contribution in [3.63, 3.8) is 0 Å². The number of anilines is 2. The van der Waals surface area contributed by atoms with E-state index in [4.69, 9.17) is 0 Å². The lowest BCUT2D eigenvalue weighted by atomic mass is 9.95. The molecule has 1 heterocycles. The van der Waals surface area contributed by atoms with Crippen molar-refractivity contribution >= 4 is 28.9 Å². The van der Waals surface area contributed by atoms with Gasteiger partial charge in [-0.1, -0.05) is 66.2 Å². The first-order valence-corrected chi connectivity index (χ1v) is 9.67. The van der Waals surface area contributed by atoms with Crippen LogP contribution in [-0.2, 0) is 9.59 Å². The Morgan fingerprint density at radius 1 is 0.900 bits per heavy atom. The second-order valence-electron chi connectivity index (χ2n) is 7.19. The first-order chi connectivity index (χ1) is 14.5. The van der Waals surface area contributed by atoms with Crippen molar-refractivity contribution in [1.82, 2.24) is 5.32 Å². The second kappa shape index (κ2) is 7.83. The lowest BCUT2D eigenvalue weighted by molar-refractivity contribution is -0.127. The third kappa shape index (κ3) is 3.55. The zero-order valence-electron chi connectivity index (χ0n) is 16.8. The quantitative estimate of drug-likeness (QED) is 0.644. The molecule has 0 spiro atoms. The van der Waals surface area contributed by atoms with Crippen LogP contribution in [0.3, 0.4) is 0 Å². The summed E-state index contributed by atoms with van der Waals surface area (Å²) in [5.41, 5.74) is 2.02. The second-order valence-corrected chi connectivity index (χ2v) is 7.19. The van der Waals surface area contributed by atoms with Gasteiger partial charge in [-0.15, -0.1) is 0 Å². The third-order valence-electron chi connectivity index (χ3n) is 4.86. The number of para-hydroxylation sites is 2. The monoisotopic (exact) mass is 398 g/mol. The van der Waals surface area contributed by atoms with Crippen LogP contribution in [0.25, 0.3) is 0 Å². The average molecular weight is 398 g/mol. The highest BCUT2D eigenvalue weighted by atomic mass is 16.2. The minimum atomic E-state index is -1.54. The van der Waals surface area contributed by atoms with Crippen molar-refractivity contribution in [3.05, 3.63) is 96.1 Å². The Labute approximate surface area is 175 Å². The molecule has 2 N–H and O–H groups in total.